The standard InChI is InChI=1S/C11H11F3N2/c1-7(2-3-15)16-6-8-4-10(13)11(14)5-9(8)12/h4-5,7,16H,2,6H2,1H3. The van der Waals surface area contributed by atoms with E-state index in [-0.39, 0.29) is 24.6 Å². The maximum atomic E-state index is 13.2. The summed E-state index contributed by atoms with van der Waals surface area (Å²) in [4.78, 5) is 0. The van der Waals surface area contributed by atoms with E-state index in [9.17, 15) is 13.2 Å². The number of benzene rings is 1. The van der Waals surface area contributed by atoms with Gasteiger partial charge >= 0.3 is 0 Å². The summed E-state index contributed by atoms with van der Waals surface area (Å²) in [6, 6.07) is 3.15. The molecule has 1 aromatic carbocycles. The zero-order valence-electron chi connectivity index (χ0n) is 8.73. The maximum Gasteiger partial charge on any atom is 0.161 e. The fourth-order valence-electron chi connectivity index (χ4n) is 1.19. The molecule has 16 heavy (non-hydrogen) atoms. The number of hydrogen-bond acceptors (Lipinski definition) is 2. The van der Waals surface area contributed by atoms with Crippen LogP contribution in [0.25, 0.3) is 0 Å². The zero-order chi connectivity index (χ0) is 12.1. The molecule has 1 N–H and O–H groups in total. The van der Waals surface area contributed by atoms with Gasteiger partial charge in [0.05, 0.1) is 12.5 Å². The third-order valence-electron chi connectivity index (χ3n) is 2.13. The Balaban J connectivity index is 2.68. The lowest BCUT2D eigenvalue weighted by atomic mass is 10.1. The highest BCUT2D eigenvalue weighted by Gasteiger charge is 2.10. The minimum absolute atomic E-state index is 0.0451. The average molecular weight is 228 g/mol. The molecule has 0 bridgehead atoms. The molecule has 1 aromatic rings. The van der Waals surface area contributed by atoms with E-state index >= 15 is 0 Å². The summed E-state index contributed by atoms with van der Waals surface area (Å²) in [5.41, 5.74) is 0.0451. The normalized spacial score (nSPS) is 12.2. The van der Waals surface area contributed by atoms with Crippen LogP contribution in [-0.4, -0.2) is 6.04 Å². The number of nitrogens with zero attached hydrogens (tertiary/aromatic N) is 1. The lowest BCUT2D eigenvalue weighted by Gasteiger charge is -2.10. The molecule has 0 amide bonds. The molecule has 0 heterocycles. The van der Waals surface area contributed by atoms with E-state index in [1.807, 2.05) is 6.07 Å². The van der Waals surface area contributed by atoms with E-state index in [0.717, 1.165) is 6.07 Å². The van der Waals surface area contributed by atoms with Gasteiger partial charge in [-0.25, -0.2) is 13.2 Å². The van der Waals surface area contributed by atoms with E-state index < -0.39 is 17.5 Å². The van der Waals surface area contributed by atoms with Crippen LogP contribution in [0.4, 0.5) is 13.2 Å². The Morgan fingerprint density at radius 2 is 1.88 bits per heavy atom. The summed E-state index contributed by atoms with van der Waals surface area (Å²) in [6.45, 7) is 1.81. The van der Waals surface area contributed by atoms with Gasteiger partial charge in [-0.2, -0.15) is 5.26 Å². The van der Waals surface area contributed by atoms with Gasteiger partial charge in [-0.3, -0.25) is 0 Å². The quantitative estimate of drug-likeness (QED) is 0.803. The summed E-state index contributed by atoms with van der Waals surface area (Å²) >= 11 is 0. The molecule has 0 aliphatic heterocycles. The van der Waals surface area contributed by atoms with Gasteiger partial charge in [0.1, 0.15) is 5.82 Å². The third kappa shape index (κ3) is 3.24. The van der Waals surface area contributed by atoms with Crippen LogP contribution in [0.2, 0.25) is 0 Å². The second kappa shape index (κ2) is 5.52. The molecule has 0 aliphatic carbocycles. The van der Waals surface area contributed by atoms with E-state index in [1.54, 1.807) is 6.92 Å². The van der Waals surface area contributed by atoms with Crippen molar-refractivity contribution in [1.82, 2.24) is 5.32 Å². The van der Waals surface area contributed by atoms with Crippen molar-refractivity contribution in [2.45, 2.75) is 25.9 Å². The van der Waals surface area contributed by atoms with Crippen LogP contribution in [-0.2, 0) is 6.54 Å². The van der Waals surface area contributed by atoms with Crippen molar-refractivity contribution >= 4 is 0 Å². The lowest BCUT2D eigenvalue weighted by molar-refractivity contribution is 0.481. The number of rotatable bonds is 4. The molecule has 0 aromatic heterocycles. The van der Waals surface area contributed by atoms with Crippen molar-refractivity contribution in [2.24, 2.45) is 0 Å². The van der Waals surface area contributed by atoms with Gasteiger partial charge in [0.25, 0.3) is 0 Å². The summed E-state index contributed by atoms with van der Waals surface area (Å²) < 4.78 is 38.6. The Morgan fingerprint density at radius 1 is 1.25 bits per heavy atom. The van der Waals surface area contributed by atoms with Gasteiger partial charge in [0.15, 0.2) is 11.6 Å². The first-order valence-corrected chi connectivity index (χ1v) is 4.78. The number of nitrogens with one attached hydrogen (secondary N) is 1. The number of nitriles is 1. The summed E-state index contributed by atoms with van der Waals surface area (Å²) in [7, 11) is 0. The SMILES string of the molecule is CC(CC#N)NCc1cc(F)c(F)cc1F. The van der Waals surface area contributed by atoms with Gasteiger partial charge in [0, 0.05) is 24.2 Å². The Labute approximate surface area is 91.7 Å². The summed E-state index contributed by atoms with van der Waals surface area (Å²) in [5, 5.41) is 11.2. The van der Waals surface area contributed by atoms with E-state index in [2.05, 4.69) is 5.32 Å². The lowest BCUT2D eigenvalue weighted by Crippen LogP contribution is -2.25. The molecular formula is C11H11F3N2. The van der Waals surface area contributed by atoms with E-state index in [4.69, 9.17) is 5.26 Å². The minimum atomic E-state index is -1.20. The van der Waals surface area contributed by atoms with Crippen molar-refractivity contribution in [1.29, 1.82) is 5.26 Å². The van der Waals surface area contributed by atoms with Gasteiger partial charge in [-0.1, -0.05) is 0 Å². The van der Waals surface area contributed by atoms with Crippen LogP contribution in [0.3, 0.4) is 0 Å². The van der Waals surface area contributed by atoms with Crippen LogP contribution in [0, 0.1) is 28.8 Å². The Hall–Kier alpha value is -1.54. The Kier molecular flexibility index (Phi) is 4.32. The molecule has 0 fully saturated rings. The second-order valence-electron chi connectivity index (χ2n) is 3.50. The monoisotopic (exact) mass is 228 g/mol. The Morgan fingerprint density at radius 3 is 2.50 bits per heavy atom. The predicted molar refractivity (Wildman–Crippen MR) is 52.8 cm³/mol. The van der Waals surface area contributed by atoms with Gasteiger partial charge < -0.3 is 5.32 Å². The topological polar surface area (TPSA) is 35.8 Å². The molecule has 1 atom stereocenters. The molecule has 1 rings (SSSR count). The highest BCUT2D eigenvalue weighted by molar-refractivity contribution is 5.20. The van der Waals surface area contributed by atoms with Crippen molar-refractivity contribution in [3.63, 3.8) is 0 Å². The van der Waals surface area contributed by atoms with Crippen LogP contribution in [0.15, 0.2) is 12.1 Å². The highest BCUT2D eigenvalue weighted by Crippen LogP contribution is 2.13. The molecule has 0 saturated heterocycles. The predicted octanol–water partition coefficient (Wildman–Crippen LogP) is 2.50. The van der Waals surface area contributed by atoms with E-state index in [1.165, 1.54) is 0 Å². The van der Waals surface area contributed by atoms with Crippen molar-refractivity contribution in [3.8, 4) is 6.07 Å². The van der Waals surface area contributed by atoms with Gasteiger partial charge in [-0.05, 0) is 13.0 Å². The van der Waals surface area contributed by atoms with Gasteiger partial charge in [-0.15, -0.1) is 0 Å². The third-order valence-corrected chi connectivity index (χ3v) is 2.13. The average Bonchev–Trinajstić information content (AvgIpc) is 2.22. The fourth-order valence-corrected chi connectivity index (χ4v) is 1.19. The van der Waals surface area contributed by atoms with Gasteiger partial charge in [0.2, 0.25) is 0 Å². The van der Waals surface area contributed by atoms with Crippen LogP contribution in [0.1, 0.15) is 18.9 Å². The first-order valence-electron chi connectivity index (χ1n) is 4.78. The number of halogens is 3. The largest absolute Gasteiger partial charge is 0.309 e. The molecule has 86 valence electrons. The van der Waals surface area contributed by atoms with Crippen molar-refractivity contribution in [3.05, 3.63) is 35.1 Å². The smallest absolute Gasteiger partial charge is 0.161 e. The first kappa shape index (κ1) is 12.5. The maximum absolute atomic E-state index is 13.2. The molecule has 0 saturated carbocycles. The van der Waals surface area contributed by atoms with Crippen LogP contribution in [0.5, 0.6) is 0 Å². The summed E-state index contributed by atoms with van der Waals surface area (Å²) in [5.74, 6) is -3.08. The zero-order valence-corrected chi connectivity index (χ0v) is 8.73. The molecular weight excluding hydrogens is 217 g/mol. The molecule has 5 heteroatoms. The molecule has 0 spiro atoms. The minimum Gasteiger partial charge on any atom is -0.309 e. The van der Waals surface area contributed by atoms with E-state index in [0.29, 0.717) is 6.07 Å². The van der Waals surface area contributed by atoms with Crippen LogP contribution < -0.4 is 5.32 Å². The summed E-state index contributed by atoms with van der Waals surface area (Å²) in [6.07, 6.45) is 0.269. The molecule has 0 aliphatic rings. The highest BCUT2D eigenvalue weighted by atomic mass is 19.2. The fraction of sp³-hybridized carbons (Fsp3) is 0.364. The van der Waals surface area contributed by atoms with Crippen molar-refractivity contribution in [2.75, 3.05) is 0 Å². The molecule has 0 radical (unpaired) electrons. The molecule has 1 unspecified atom stereocenters. The van der Waals surface area contributed by atoms with Crippen LogP contribution >= 0.6 is 0 Å². The Bertz CT molecular complexity index is 412. The first-order chi connectivity index (χ1) is 7.54. The molecule has 2 nitrogen and oxygen atoms in total. The second-order valence-corrected chi connectivity index (χ2v) is 3.50. The number of hydrogen-bond donors (Lipinski definition) is 1. The van der Waals surface area contributed by atoms with Crippen molar-refractivity contribution < 1.29 is 13.2 Å².